The van der Waals surface area contributed by atoms with Crippen molar-refractivity contribution in [3.8, 4) is 12.3 Å². The van der Waals surface area contributed by atoms with Gasteiger partial charge in [0.1, 0.15) is 0 Å². The molecular formula is C21H20N4O. The van der Waals surface area contributed by atoms with Gasteiger partial charge in [-0.3, -0.25) is 4.79 Å². The van der Waals surface area contributed by atoms with Crippen LogP contribution in [0.1, 0.15) is 11.1 Å². The minimum absolute atomic E-state index is 0.152. The second-order valence-electron chi connectivity index (χ2n) is 5.95. The molecule has 0 radical (unpaired) electrons. The number of anilines is 1. The van der Waals surface area contributed by atoms with Crippen LogP contribution < -0.4 is 10.7 Å². The van der Waals surface area contributed by atoms with E-state index >= 15 is 0 Å². The number of nitrogens with zero attached hydrogens (tertiary/aromatic N) is 2. The van der Waals surface area contributed by atoms with Crippen LogP contribution >= 0.6 is 0 Å². The first-order chi connectivity index (χ1) is 12.7. The van der Waals surface area contributed by atoms with E-state index in [2.05, 4.69) is 21.8 Å². The predicted molar refractivity (Wildman–Crippen MR) is 106 cm³/mol. The summed E-state index contributed by atoms with van der Waals surface area (Å²) >= 11 is 0. The third-order valence-corrected chi connectivity index (χ3v) is 3.98. The molecule has 1 amide bonds. The van der Waals surface area contributed by atoms with Gasteiger partial charge in [0, 0.05) is 28.4 Å². The fourth-order valence-corrected chi connectivity index (χ4v) is 2.67. The van der Waals surface area contributed by atoms with Gasteiger partial charge >= 0.3 is 0 Å². The lowest BCUT2D eigenvalue weighted by Gasteiger charge is -2.05. The number of amides is 1. The van der Waals surface area contributed by atoms with E-state index in [4.69, 9.17) is 6.42 Å². The lowest BCUT2D eigenvalue weighted by Crippen LogP contribution is -2.25. The Labute approximate surface area is 152 Å². The molecule has 130 valence electrons. The largest absolute Gasteiger partial charge is 0.376 e. The minimum Gasteiger partial charge on any atom is -0.376 e. The van der Waals surface area contributed by atoms with Crippen LogP contribution in [0.3, 0.4) is 0 Å². The fraction of sp³-hybridized carbons (Fsp3) is 0.143. The van der Waals surface area contributed by atoms with E-state index in [1.54, 1.807) is 6.21 Å². The van der Waals surface area contributed by atoms with Gasteiger partial charge in [0.05, 0.1) is 19.3 Å². The molecule has 0 atom stereocenters. The molecule has 0 aliphatic carbocycles. The average Bonchev–Trinajstić information content (AvgIpc) is 3.00. The molecule has 0 aliphatic heterocycles. The average molecular weight is 344 g/mol. The van der Waals surface area contributed by atoms with Gasteiger partial charge in [-0.25, -0.2) is 5.43 Å². The van der Waals surface area contributed by atoms with Crippen molar-refractivity contribution in [3.05, 3.63) is 65.9 Å². The summed E-state index contributed by atoms with van der Waals surface area (Å²) in [4.78, 5) is 11.9. The molecule has 2 aromatic carbocycles. The Morgan fingerprint density at radius 3 is 2.77 bits per heavy atom. The van der Waals surface area contributed by atoms with Crippen molar-refractivity contribution < 1.29 is 4.79 Å². The summed E-state index contributed by atoms with van der Waals surface area (Å²) in [6, 6.07) is 15.8. The standard InChI is InChI=1S/C21H20N4O/c1-3-12-25-15-17(19-6-4-5-7-20(19)25)13-23-24-21(26)14-22-18-10-8-16(2)9-11-18/h1,4-11,13,15,22H,12,14H2,2H3,(H,24,26)/b23-13-. The topological polar surface area (TPSA) is 58.4 Å². The summed E-state index contributed by atoms with van der Waals surface area (Å²) in [6.45, 7) is 2.66. The SMILES string of the molecule is C#CCn1cc(/C=N\NC(=O)CNc2ccc(C)cc2)c2ccccc21. The van der Waals surface area contributed by atoms with E-state index in [1.165, 1.54) is 5.56 Å². The monoisotopic (exact) mass is 344 g/mol. The highest BCUT2D eigenvalue weighted by Crippen LogP contribution is 2.19. The summed E-state index contributed by atoms with van der Waals surface area (Å²) in [7, 11) is 0. The zero-order valence-electron chi connectivity index (χ0n) is 14.6. The molecule has 2 N–H and O–H groups in total. The molecule has 0 aliphatic rings. The van der Waals surface area contributed by atoms with E-state index in [9.17, 15) is 4.79 Å². The quantitative estimate of drug-likeness (QED) is 0.410. The lowest BCUT2D eigenvalue weighted by molar-refractivity contribution is -0.119. The highest BCUT2D eigenvalue weighted by Gasteiger charge is 2.06. The molecule has 0 unspecified atom stereocenters. The van der Waals surface area contributed by atoms with Gasteiger partial charge in [0.15, 0.2) is 0 Å². The van der Waals surface area contributed by atoms with Crippen LogP contribution in [0.2, 0.25) is 0 Å². The van der Waals surface area contributed by atoms with Crippen molar-refractivity contribution >= 4 is 28.7 Å². The Bertz CT molecular complexity index is 977. The number of hydrogen-bond donors (Lipinski definition) is 2. The van der Waals surface area contributed by atoms with Crippen LogP contribution in [0.25, 0.3) is 10.9 Å². The van der Waals surface area contributed by atoms with Crippen LogP contribution in [0.4, 0.5) is 5.69 Å². The van der Waals surface area contributed by atoms with Crippen LogP contribution in [-0.4, -0.2) is 23.2 Å². The molecule has 3 aromatic rings. The Morgan fingerprint density at radius 1 is 1.23 bits per heavy atom. The summed E-state index contributed by atoms with van der Waals surface area (Å²) in [5.74, 6) is 2.43. The van der Waals surface area contributed by atoms with Crippen LogP contribution in [0.15, 0.2) is 59.8 Å². The molecular weight excluding hydrogens is 324 g/mol. The number of nitrogens with one attached hydrogen (secondary N) is 2. The molecule has 0 saturated carbocycles. The van der Waals surface area contributed by atoms with Crippen molar-refractivity contribution in [2.75, 3.05) is 11.9 Å². The van der Waals surface area contributed by atoms with Crippen molar-refractivity contribution in [1.82, 2.24) is 9.99 Å². The van der Waals surface area contributed by atoms with Crippen LogP contribution in [0.5, 0.6) is 0 Å². The lowest BCUT2D eigenvalue weighted by atomic mass is 10.2. The number of aromatic nitrogens is 1. The summed E-state index contributed by atoms with van der Waals surface area (Å²) in [5, 5.41) is 8.16. The molecule has 0 fully saturated rings. The normalized spacial score (nSPS) is 10.8. The van der Waals surface area contributed by atoms with Crippen LogP contribution in [0, 0.1) is 19.3 Å². The number of carbonyl (C=O) groups is 1. The number of hydrogen-bond acceptors (Lipinski definition) is 3. The maximum absolute atomic E-state index is 11.9. The van der Waals surface area contributed by atoms with Gasteiger partial charge < -0.3 is 9.88 Å². The minimum atomic E-state index is -0.214. The number of benzene rings is 2. The predicted octanol–water partition coefficient (Wildman–Crippen LogP) is 3.15. The van der Waals surface area contributed by atoms with Gasteiger partial charge in [-0.1, -0.05) is 41.8 Å². The van der Waals surface area contributed by atoms with Crippen molar-refractivity contribution in [2.24, 2.45) is 5.10 Å². The van der Waals surface area contributed by atoms with Gasteiger partial charge in [-0.15, -0.1) is 6.42 Å². The first-order valence-corrected chi connectivity index (χ1v) is 8.31. The van der Waals surface area contributed by atoms with Crippen molar-refractivity contribution in [1.29, 1.82) is 0 Å². The van der Waals surface area contributed by atoms with Crippen molar-refractivity contribution in [2.45, 2.75) is 13.5 Å². The Hall–Kier alpha value is -3.52. The summed E-state index contributed by atoms with van der Waals surface area (Å²) in [6.07, 6.45) is 9.00. The molecule has 5 heteroatoms. The summed E-state index contributed by atoms with van der Waals surface area (Å²) < 4.78 is 1.98. The molecule has 1 aromatic heterocycles. The molecule has 1 heterocycles. The number of fused-ring (bicyclic) bond motifs is 1. The molecule has 3 rings (SSSR count). The Morgan fingerprint density at radius 2 is 2.00 bits per heavy atom. The first kappa shape index (κ1) is 17.3. The highest BCUT2D eigenvalue weighted by molar-refractivity contribution is 5.99. The van der Waals surface area contributed by atoms with E-state index in [0.29, 0.717) is 6.54 Å². The number of aryl methyl sites for hydroxylation is 1. The molecule has 26 heavy (non-hydrogen) atoms. The number of rotatable bonds is 6. The van der Waals surface area contributed by atoms with Gasteiger partial charge in [-0.05, 0) is 25.1 Å². The zero-order valence-corrected chi connectivity index (χ0v) is 14.6. The van der Waals surface area contributed by atoms with Crippen LogP contribution in [-0.2, 0) is 11.3 Å². The third-order valence-electron chi connectivity index (χ3n) is 3.98. The van der Waals surface area contributed by atoms with Gasteiger partial charge in [0.25, 0.3) is 5.91 Å². The molecule has 5 nitrogen and oxygen atoms in total. The second kappa shape index (κ2) is 8.04. The number of hydrazone groups is 1. The Kier molecular flexibility index (Phi) is 5.35. The number of terminal acetylenes is 1. The first-order valence-electron chi connectivity index (χ1n) is 8.31. The maximum Gasteiger partial charge on any atom is 0.259 e. The third kappa shape index (κ3) is 4.11. The highest BCUT2D eigenvalue weighted by atomic mass is 16.2. The maximum atomic E-state index is 11.9. The zero-order chi connectivity index (χ0) is 18.4. The van der Waals surface area contributed by atoms with Crippen molar-refractivity contribution in [3.63, 3.8) is 0 Å². The van der Waals surface area contributed by atoms with E-state index in [0.717, 1.165) is 22.2 Å². The fourth-order valence-electron chi connectivity index (χ4n) is 2.67. The Balaban J connectivity index is 1.61. The van der Waals surface area contributed by atoms with Gasteiger partial charge in [0.2, 0.25) is 0 Å². The smallest absolute Gasteiger partial charge is 0.259 e. The molecule has 0 spiro atoms. The molecule has 0 saturated heterocycles. The second-order valence-corrected chi connectivity index (χ2v) is 5.95. The van der Waals surface area contributed by atoms with Gasteiger partial charge in [-0.2, -0.15) is 5.10 Å². The number of para-hydroxylation sites is 1. The van der Waals surface area contributed by atoms with E-state index < -0.39 is 0 Å². The summed E-state index contributed by atoms with van der Waals surface area (Å²) in [5.41, 5.74) is 6.55. The number of carbonyl (C=O) groups excluding carboxylic acids is 1. The van der Waals surface area contributed by atoms with E-state index in [1.807, 2.05) is 66.2 Å². The molecule has 0 bridgehead atoms. The van der Waals surface area contributed by atoms with E-state index in [-0.39, 0.29) is 12.5 Å².